The summed E-state index contributed by atoms with van der Waals surface area (Å²) < 4.78 is 57.4. The summed E-state index contributed by atoms with van der Waals surface area (Å²) >= 11 is 7.11. The second kappa shape index (κ2) is 26.1. The number of hydrogen-bond donors (Lipinski definition) is 1. The van der Waals surface area contributed by atoms with Crippen LogP contribution in [0, 0.1) is 5.92 Å². The molecule has 0 radical (unpaired) electrons. The Bertz CT molecular complexity index is 2170. The van der Waals surface area contributed by atoms with Gasteiger partial charge in [0.15, 0.2) is 8.32 Å². The van der Waals surface area contributed by atoms with Crippen molar-refractivity contribution in [2.75, 3.05) is 13.2 Å². The van der Waals surface area contributed by atoms with Gasteiger partial charge in [0.25, 0.3) is 0 Å². The zero-order valence-electron chi connectivity index (χ0n) is 42.5. The standard InChI is InChI=1S/C58H78Br2O9Si/c1-41-32-51(65-38-45-24-28-47(60)29-25-45)55(40-63-36-44-22-26-46(59)27-23-44)66-49-30-31-58(5,68-53(49)33-41)56(61)34-52-50(69-70(6,7)57(2,3)4)21-15-14-20-48(64-37-43-18-12-9-13-19-43)54(67-52)39-62-35-42-16-10-8-11-17-42/h8-19,22-29,41,48-56,61H,20-21,30-40H2,1-7H3/b15-14-/t41-,48-,49+,50+,51+,52-,53-,54+,55-,56-,58-/m1/s1. The molecule has 0 unspecified atom stereocenters. The molecule has 382 valence electrons. The number of hydrogen-bond acceptors (Lipinski definition) is 9. The number of fused-ring (bicyclic) bond motifs is 1. The Balaban J connectivity index is 1.10. The number of halogens is 2. The summed E-state index contributed by atoms with van der Waals surface area (Å²) in [6.45, 7) is 18.3. The van der Waals surface area contributed by atoms with E-state index in [9.17, 15) is 5.11 Å². The highest BCUT2D eigenvalue weighted by molar-refractivity contribution is 9.10. The maximum Gasteiger partial charge on any atom is 0.192 e. The maximum atomic E-state index is 12.7. The molecule has 70 heavy (non-hydrogen) atoms. The molecule has 2 fully saturated rings. The number of benzene rings is 4. The topological polar surface area (TPSA) is 94.1 Å². The summed E-state index contributed by atoms with van der Waals surface area (Å²) in [7, 11) is -2.31. The van der Waals surface area contributed by atoms with Crippen molar-refractivity contribution in [3.8, 4) is 0 Å². The molecule has 11 atom stereocenters. The minimum absolute atomic E-state index is 0.0366. The van der Waals surface area contributed by atoms with E-state index >= 15 is 0 Å². The first kappa shape index (κ1) is 55.2. The average molecular weight is 1110 g/mol. The summed E-state index contributed by atoms with van der Waals surface area (Å²) in [6.07, 6.45) is 5.61. The Morgan fingerprint density at radius 2 is 1.14 bits per heavy atom. The number of aliphatic hydroxyl groups excluding tert-OH is 1. The molecule has 9 nitrogen and oxygen atoms in total. The van der Waals surface area contributed by atoms with Crippen LogP contribution in [-0.4, -0.2) is 87.2 Å². The molecule has 7 rings (SSSR count). The van der Waals surface area contributed by atoms with E-state index in [-0.39, 0.29) is 47.6 Å². The fraction of sp³-hybridized carbons (Fsp3) is 0.552. The fourth-order valence-corrected chi connectivity index (χ4v) is 11.4. The van der Waals surface area contributed by atoms with E-state index in [1.807, 2.05) is 60.7 Å². The van der Waals surface area contributed by atoms with Crippen molar-refractivity contribution in [3.63, 3.8) is 0 Å². The first-order valence-corrected chi connectivity index (χ1v) is 30.0. The minimum Gasteiger partial charge on any atom is -0.411 e. The van der Waals surface area contributed by atoms with E-state index in [1.165, 1.54) is 0 Å². The molecule has 0 aliphatic carbocycles. The molecule has 3 aliphatic heterocycles. The van der Waals surface area contributed by atoms with E-state index < -0.39 is 32.2 Å². The normalized spacial score (nSPS) is 28.9. The van der Waals surface area contributed by atoms with Crippen LogP contribution in [0.1, 0.15) is 102 Å². The van der Waals surface area contributed by atoms with Crippen molar-refractivity contribution in [2.24, 2.45) is 5.92 Å². The van der Waals surface area contributed by atoms with Gasteiger partial charge in [-0.05, 0) is 116 Å². The summed E-state index contributed by atoms with van der Waals surface area (Å²) in [6, 6.07) is 37.0. The monoisotopic (exact) mass is 1100 g/mol. The van der Waals surface area contributed by atoms with Crippen LogP contribution in [0.3, 0.4) is 0 Å². The zero-order chi connectivity index (χ0) is 49.7. The molecule has 0 bridgehead atoms. The molecular formula is C58H78Br2O9Si. The molecule has 3 aliphatic rings. The van der Waals surface area contributed by atoms with E-state index in [2.05, 4.69) is 140 Å². The largest absolute Gasteiger partial charge is 0.411 e. The van der Waals surface area contributed by atoms with Crippen LogP contribution >= 0.6 is 31.9 Å². The highest BCUT2D eigenvalue weighted by Crippen LogP contribution is 2.43. The van der Waals surface area contributed by atoms with Gasteiger partial charge in [0.2, 0.25) is 0 Å². The van der Waals surface area contributed by atoms with Gasteiger partial charge in [-0.15, -0.1) is 0 Å². The van der Waals surface area contributed by atoms with Crippen LogP contribution in [0.25, 0.3) is 0 Å². The van der Waals surface area contributed by atoms with Crippen molar-refractivity contribution in [1.82, 2.24) is 0 Å². The number of aliphatic hydroxyl groups is 1. The van der Waals surface area contributed by atoms with E-state index in [4.69, 9.17) is 37.6 Å². The second-order valence-corrected chi connectivity index (χ2v) is 28.2. The highest BCUT2D eigenvalue weighted by atomic mass is 79.9. The Hall–Kier alpha value is -2.56. The molecule has 12 heteroatoms. The Kier molecular flexibility index (Phi) is 20.6. The lowest BCUT2D eigenvalue weighted by atomic mass is 9.81. The van der Waals surface area contributed by atoms with Crippen molar-refractivity contribution < 1.29 is 42.7 Å². The van der Waals surface area contributed by atoms with Crippen LogP contribution in [0.15, 0.2) is 130 Å². The first-order chi connectivity index (χ1) is 33.5. The Morgan fingerprint density at radius 3 is 1.71 bits per heavy atom. The molecule has 0 amide bonds. The average Bonchev–Trinajstić information content (AvgIpc) is 3.40. The second-order valence-electron chi connectivity index (χ2n) is 21.6. The quantitative estimate of drug-likeness (QED) is 0.0728. The van der Waals surface area contributed by atoms with Crippen molar-refractivity contribution in [1.29, 1.82) is 0 Å². The van der Waals surface area contributed by atoms with Gasteiger partial charge in [-0.1, -0.05) is 157 Å². The lowest BCUT2D eigenvalue weighted by molar-refractivity contribution is -0.255. The number of ether oxygens (including phenoxy) is 7. The van der Waals surface area contributed by atoms with Gasteiger partial charge in [0.05, 0.1) is 88.0 Å². The van der Waals surface area contributed by atoms with Gasteiger partial charge in [0, 0.05) is 15.4 Å². The lowest BCUT2D eigenvalue weighted by Gasteiger charge is -2.49. The van der Waals surface area contributed by atoms with Gasteiger partial charge in [-0.3, -0.25) is 0 Å². The van der Waals surface area contributed by atoms with Crippen LogP contribution in [-0.2, 0) is 64.0 Å². The summed E-state index contributed by atoms with van der Waals surface area (Å²) in [5.41, 5.74) is 3.52. The lowest BCUT2D eigenvalue weighted by Crippen LogP contribution is -2.57. The molecule has 2 saturated heterocycles. The Morgan fingerprint density at radius 1 is 0.643 bits per heavy atom. The molecule has 4 aromatic carbocycles. The first-order valence-electron chi connectivity index (χ1n) is 25.5. The van der Waals surface area contributed by atoms with Crippen LogP contribution < -0.4 is 0 Å². The molecule has 0 saturated carbocycles. The van der Waals surface area contributed by atoms with Crippen molar-refractivity contribution in [3.05, 3.63) is 153 Å². The predicted molar refractivity (Wildman–Crippen MR) is 287 cm³/mol. The smallest absolute Gasteiger partial charge is 0.192 e. The molecule has 3 heterocycles. The number of rotatable bonds is 19. The van der Waals surface area contributed by atoms with Gasteiger partial charge in [-0.25, -0.2) is 0 Å². The van der Waals surface area contributed by atoms with Gasteiger partial charge in [0.1, 0.15) is 12.2 Å². The molecule has 0 aromatic heterocycles. The van der Waals surface area contributed by atoms with E-state index in [0.717, 1.165) is 50.5 Å². The zero-order valence-corrected chi connectivity index (χ0v) is 46.7. The molecule has 1 N–H and O–H groups in total. The Labute approximate surface area is 436 Å². The SMILES string of the molecule is C[C@@H]1C[C@H](OCc2ccc(Br)cc2)[C@@H](COCc2ccc(Br)cc2)O[C@H]2CC[C@](C)([C@H](O)C[C@H]3O[C@@H](COCc4ccccc4)[C@H](OCc4ccccc4)C/C=C\C[C@@H]3O[Si](C)(C)C(C)(C)C)O[C@@H]2C1. The summed E-state index contributed by atoms with van der Waals surface area (Å²) in [4.78, 5) is 0. The van der Waals surface area contributed by atoms with Gasteiger partial charge < -0.3 is 42.7 Å². The van der Waals surface area contributed by atoms with Crippen molar-refractivity contribution >= 4 is 40.2 Å². The third-order valence-electron chi connectivity index (χ3n) is 14.8. The van der Waals surface area contributed by atoms with Crippen molar-refractivity contribution in [2.45, 2.75) is 185 Å². The third-order valence-corrected chi connectivity index (χ3v) is 20.4. The highest BCUT2D eigenvalue weighted by Gasteiger charge is 2.49. The fourth-order valence-electron chi connectivity index (χ4n) is 9.52. The molecule has 4 aromatic rings. The van der Waals surface area contributed by atoms with E-state index in [0.29, 0.717) is 65.3 Å². The molecular weight excluding hydrogens is 1030 g/mol. The minimum atomic E-state index is -2.31. The summed E-state index contributed by atoms with van der Waals surface area (Å²) in [5.74, 6) is 0.260. The maximum absolute atomic E-state index is 12.7. The third kappa shape index (κ3) is 16.2. The van der Waals surface area contributed by atoms with Crippen LogP contribution in [0.4, 0.5) is 0 Å². The van der Waals surface area contributed by atoms with E-state index in [1.54, 1.807) is 0 Å². The van der Waals surface area contributed by atoms with Gasteiger partial charge >= 0.3 is 0 Å². The summed E-state index contributed by atoms with van der Waals surface area (Å²) in [5, 5.41) is 12.7. The molecule has 0 spiro atoms. The van der Waals surface area contributed by atoms with Crippen LogP contribution in [0.2, 0.25) is 18.1 Å². The van der Waals surface area contributed by atoms with Gasteiger partial charge in [-0.2, -0.15) is 0 Å². The predicted octanol–water partition coefficient (Wildman–Crippen LogP) is 13.5. The van der Waals surface area contributed by atoms with Crippen LogP contribution in [0.5, 0.6) is 0 Å².